The average Bonchev–Trinajstić information content (AvgIpc) is 2.59. The standard InChI is InChI=1S/C17H16N4O3/c18-8-4-10-20(13-14-5-3-9-19-12-14)17(22)11-15-6-1-2-7-16(15)21(23)24/h1-3,5-7,9,12H,4,10-11,13H2. The summed E-state index contributed by atoms with van der Waals surface area (Å²) in [7, 11) is 0. The summed E-state index contributed by atoms with van der Waals surface area (Å²) in [6.07, 6.45) is 3.40. The van der Waals surface area contributed by atoms with Crippen molar-refractivity contribution in [1.82, 2.24) is 9.88 Å². The first kappa shape index (κ1) is 17.1. The van der Waals surface area contributed by atoms with Gasteiger partial charge in [0, 0.05) is 37.1 Å². The van der Waals surface area contributed by atoms with Crippen molar-refractivity contribution in [3.63, 3.8) is 0 Å². The van der Waals surface area contributed by atoms with Gasteiger partial charge in [-0.1, -0.05) is 24.3 Å². The molecule has 0 N–H and O–H groups in total. The zero-order chi connectivity index (χ0) is 17.4. The third-order valence-corrected chi connectivity index (χ3v) is 3.47. The summed E-state index contributed by atoms with van der Waals surface area (Å²) in [6.45, 7) is 0.583. The van der Waals surface area contributed by atoms with Gasteiger partial charge in [-0.25, -0.2) is 0 Å². The Morgan fingerprint density at radius 2 is 2.08 bits per heavy atom. The average molecular weight is 324 g/mol. The van der Waals surface area contributed by atoms with Crippen molar-refractivity contribution >= 4 is 11.6 Å². The molecule has 0 fully saturated rings. The summed E-state index contributed by atoms with van der Waals surface area (Å²) in [5.74, 6) is -0.261. The van der Waals surface area contributed by atoms with Gasteiger partial charge in [0.15, 0.2) is 0 Å². The molecule has 0 spiro atoms. The van der Waals surface area contributed by atoms with Crippen LogP contribution in [0.2, 0.25) is 0 Å². The monoisotopic (exact) mass is 324 g/mol. The van der Waals surface area contributed by atoms with E-state index in [2.05, 4.69) is 4.98 Å². The molecule has 0 atom stereocenters. The molecule has 122 valence electrons. The number of carbonyl (C=O) groups excluding carboxylic acids is 1. The Labute approximate surface area is 139 Å². The summed E-state index contributed by atoms with van der Waals surface area (Å²) in [5.41, 5.74) is 1.12. The maximum Gasteiger partial charge on any atom is 0.273 e. The molecule has 2 rings (SSSR count). The molecule has 24 heavy (non-hydrogen) atoms. The summed E-state index contributed by atoms with van der Waals surface area (Å²) in [4.78, 5) is 28.7. The minimum atomic E-state index is -0.497. The van der Waals surface area contributed by atoms with Crippen molar-refractivity contribution in [2.45, 2.75) is 19.4 Å². The zero-order valence-corrected chi connectivity index (χ0v) is 13.0. The molecule has 7 nitrogen and oxygen atoms in total. The Hall–Kier alpha value is -3.27. The fourth-order valence-electron chi connectivity index (χ4n) is 2.30. The van der Waals surface area contributed by atoms with E-state index in [4.69, 9.17) is 5.26 Å². The lowest BCUT2D eigenvalue weighted by Crippen LogP contribution is -2.32. The SMILES string of the molecule is N#CCCN(Cc1cccnc1)C(=O)Cc1ccccc1[N+](=O)[O-]. The highest BCUT2D eigenvalue weighted by molar-refractivity contribution is 5.80. The van der Waals surface area contributed by atoms with Crippen LogP contribution < -0.4 is 0 Å². The number of benzene rings is 1. The van der Waals surface area contributed by atoms with Crippen molar-refractivity contribution in [2.24, 2.45) is 0 Å². The maximum absolute atomic E-state index is 12.6. The molecule has 0 bridgehead atoms. The number of nitrogens with zero attached hydrogens (tertiary/aromatic N) is 4. The molecule has 0 aliphatic carbocycles. The first-order chi connectivity index (χ1) is 11.6. The van der Waals surface area contributed by atoms with Crippen molar-refractivity contribution in [3.8, 4) is 6.07 Å². The molecule has 0 aliphatic heterocycles. The van der Waals surface area contributed by atoms with Crippen molar-refractivity contribution in [3.05, 3.63) is 70.0 Å². The van der Waals surface area contributed by atoms with Crippen molar-refractivity contribution < 1.29 is 9.72 Å². The summed E-state index contributed by atoms with van der Waals surface area (Å²) in [5, 5.41) is 19.8. The first-order valence-corrected chi connectivity index (χ1v) is 7.37. The van der Waals surface area contributed by atoms with E-state index in [0.29, 0.717) is 12.1 Å². The quantitative estimate of drug-likeness (QED) is 0.575. The molecular formula is C17H16N4O3. The Bertz CT molecular complexity index is 756. The molecule has 1 heterocycles. The third-order valence-electron chi connectivity index (χ3n) is 3.47. The van der Waals surface area contributed by atoms with Crippen LogP contribution >= 0.6 is 0 Å². The fraction of sp³-hybridized carbons (Fsp3) is 0.235. The molecule has 0 saturated carbocycles. The topological polar surface area (TPSA) is 100 Å². The molecule has 0 unspecified atom stereocenters. The number of para-hydroxylation sites is 1. The number of nitriles is 1. The molecular weight excluding hydrogens is 308 g/mol. The van der Waals surface area contributed by atoms with E-state index in [1.165, 1.54) is 11.0 Å². The predicted octanol–water partition coefficient (Wildman–Crippen LogP) is 2.47. The van der Waals surface area contributed by atoms with Gasteiger partial charge in [-0.2, -0.15) is 5.26 Å². The van der Waals surface area contributed by atoms with Gasteiger partial charge in [-0.3, -0.25) is 19.9 Å². The van der Waals surface area contributed by atoms with E-state index in [9.17, 15) is 14.9 Å². The molecule has 1 amide bonds. The van der Waals surface area contributed by atoms with Crippen LogP contribution in [0.5, 0.6) is 0 Å². The van der Waals surface area contributed by atoms with Gasteiger partial charge in [-0.15, -0.1) is 0 Å². The number of nitro benzene ring substituents is 1. The molecule has 7 heteroatoms. The Kier molecular flexibility index (Phi) is 5.97. The Balaban J connectivity index is 2.16. The van der Waals surface area contributed by atoms with Crippen LogP contribution in [-0.2, 0) is 17.8 Å². The van der Waals surface area contributed by atoms with Crippen LogP contribution in [-0.4, -0.2) is 27.3 Å². The number of hydrogen-bond acceptors (Lipinski definition) is 5. The van der Waals surface area contributed by atoms with E-state index in [-0.39, 0.29) is 31.0 Å². The number of amides is 1. The van der Waals surface area contributed by atoms with Gasteiger partial charge in [0.1, 0.15) is 0 Å². The summed E-state index contributed by atoms with van der Waals surface area (Å²) >= 11 is 0. The maximum atomic E-state index is 12.6. The molecule has 0 saturated heterocycles. The predicted molar refractivity (Wildman–Crippen MR) is 86.7 cm³/mol. The fourth-order valence-corrected chi connectivity index (χ4v) is 2.30. The molecule has 1 aromatic carbocycles. The molecule has 2 aromatic rings. The first-order valence-electron chi connectivity index (χ1n) is 7.37. The largest absolute Gasteiger partial charge is 0.337 e. The van der Waals surface area contributed by atoms with Crippen LogP contribution in [0.25, 0.3) is 0 Å². The lowest BCUT2D eigenvalue weighted by atomic mass is 10.1. The van der Waals surface area contributed by atoms with Gasteiger partial charge in [-0.05, 0) is 11.6 Å². The number of carbonyl (C=O) groups is 1. The van der Waals surface area contributed by atoms with E-state index in [0.717, 1.165) is 5.56 Å². The number of pyridine rings is 1. The third kappa shape index (κ3) is 4.61. The minimum Gasteiger partial charge on any atom is -0.337 e. The highest BCUT2D eigenvalue weighted by atomic mass is 16.6. The zero-order valence-electron chi connectivity index (χ0n) is 13.0. The van der Waals surface area contributed by atoms with Crippen LogP contribution in [0, 0.1) is 21.4 Å². The van der Waals surface area contributed by atoms with Gasteiger partial charge in [0.05, 0.1) is 23.8 Å². The lowest BCUT2D eigenvalue weighted by Gasteiger charge is -2.21. The van der Waals surface area contributed by atoms with Gasteiger partial charge < -0.3 is 4.90 Å². The summed E-state index contributed by atoms with van der Waals surface area (Å²) in [6, 6.07) is 11.8. The Morgan fingerprint density at radius 3 is 2.75 bits per heavy atom. The lowest BCUT2D eigenvalue weighted by molar-refractivity contribution is -0.385. The van der Waals surface area contributed by atoms with Crippen LogP contribution in [0.15, 0.2) is 48.8 Å². The highest BCUT2D eigenvalue weighted by Crippen LogP contribution is 2.19. The van der Waals surface area contributed by atoms with Crippen molar-refractivity contribution in [2.75, 3.05) is 6.54 Å². The number of nitro groups is 1. The molecule has 1 aromatic heterocycles. The van der Waals surface area contributed by atoms with E-state index in [1.807, 2.05) is 12.1 Å². The summed E-state index contributed by atoms with van der Waals surface area (Å²) < 4.78 is 0. The van der Waals surface area contributed by atoms with Gasteiger partial charge in [0.25, 0.3) is 5.69 Å². The van der Waals surface area contributed by atoms with E-state index < -0.39 is 4.92 Å². The molecule has 0 aliphatic rings. The van der Waals surface area contributed by atoms with E-state index >= 15 is 0 Å². The molecule has 0 radical (unpaired) electrons. The van der Waals surface area contributed by atoms with E-state index in [1.54, 1.807) is 36.7 Å². The van der Waals surface area contributed by atoms with Gasteiger partial charge >= 0.3 is 0 Å². The second kappa shape index (κ2) is 8.39. The van der Waals surface area contributed by atoms with Crippen LogP contribution in [0.4, 0.5) is 5.69 Å². The smallest absolute Gasteiger partial charge is 0.273 e. The minimum absolute atomic E-state index is 0.0764. The van der Waals surface area contributed by atoms with Crippen LogP contribution in [0.1, 0.15) is 17.5 Å². The van der Waals surface area contributed by atoms with Gasteiger partial charge in [0.2, 0.25) is 5.91 Å². The normalized spacial score (nSPS) is 9.96. The second-order valence-corrected chi connectivity index (χ2v) is 5.15. The number of rotatable bonds is 7. The number of aromatic nitrogens is 1. The van der Waals surface area contributed by atoms with Crippen molar-refractivity contribution in [1.29, 1.82) is 5.26 Å². The Morgan fingerprint density at radius 1 is 1.29 bits per heavy atom. The highest BCUT2D eigenvalue weighted by Gasteiger charge is 2.20. The second-order valence-electron chi connectivity index (χ2n) is 5.15. The van der Waals surface area contributed by atoms with Crippen LogP contribution in [0.3, 0.4) is 0 Å². The number of hydrogen-bond donors (Lipinski definition) is 0.